The zero-order valence-electron chi connectivity index (χ0n) is 7.84. The van der Waals surface area contributed by atoms with E-state index < -0.39 is 0 Å². The van der Waals surface area contributed by atoms with Gasteiger partial charge in [-0.05, 0) is 0 Å². The minimum Gasteiger partial charge on any atom is -0.376 e. The van der Waals surface area contributed by atoms with Crippen molar-refractivity contribution in [2.45, 2.75) is 25.9 Å². The number of nitrogens with one attached hydrogen (secondary N) is 1. The highest BCUT2D eigenvalue weighted by Gasteiger charge is 2.19. The second-order valence-corrected chi connectivity index (χ2v) is 3.51. The molecular formula is C9H15N3O. The van der Waals surface area contributed by atoms with E-state index in [1.54, 1.807) is 0 Å². The van der Waals surface area contributed by atoms with E-state index in [1.807, 2.05) is 0 Å². The van der Waals surface area contributed by atoms with E-state index >= 15 is 0 Å². The van der Waals surface area contributed by atoms with Crippen LogP contribution in [0.25, 0.3) is 0 Å². The van der Waals surface area contributed by atoms with Crippen LogP contribution in [0, 0.1) is 0 Å². The standard InChI is InChI=1S/C9H15N3O/c1-6(4-10)9-7-5-13-3-2-8(7)11-12-9/h6H,2-5,10H2,1H3,(H,11,12). The third-order valence-electron chi connectivity index (χ3n) is 2.55. The summed E-state index contributed by atoms with van der Waals surface area (Å²) in [6, 6.07) is 0. The third-order valence-corrected chi connectivity index (χ3v) is 2.55. The van der Waals surface area contributed by atoms with Gasteiger partial charge in [-0.2, -0.15) is 5.10 Å². The monoisotopic (exact) mass is 181 g/mol. The Morgan fingerprint density at radius 2 is 2.54 bits per heavy atom. The Kier molecular flexibility index (Phi) is 2.33. The Morgan fingerprint density at radius 1 is 1.69 bits per heavy atom. The Bertz CT molecular complexity index is 295. The summed E-state index contributed by atoms with van der Waals surface area (Å²) in [5.74, 6) is 0.321. The molecule has 0 amide bonds. The molecule has 0 radical (unpaired) electrons. The maximum atomic E-state index is 5.60. The first-order valence-electron chi connectivity index (χ1n) is 4.66. The molecule has 3 N–H and O–H groups in total. The fourth-order valence-electron chi connectivity index (χ4n) is 1.65. The highest BCUT2D eigenvalue weighted by molar-refractivity contribution is 5.28. The summed E-state index contributed by atoms with van der Waals surface area (Å²) in [6.07, 6.45) is 0.944. The van der Waals surface area contributed by atoms with Gasteiger partial charge in [0.05, 0.1) is 18.9 Å². The van der Waals surface area contributed by atoms with Crippen molar-refractivity contribution in [2.75, 3.05) is 13.2 Å². The topological polar surface area (TPSA) is 63.9 Å². The van der Waals surface area contributed by atoms with Crippen molar-refractivity contribution in [3.63, 3.8) is 0 Å². The van der Waals surface area contributed by atoms with Gasteiger partial charge in [0.2, 0.25) is 0 Å². The van der Waals surface area contributed by atoms with Crippen LogP contribution in [0.3, 0.4) is 0 Å². The Morgan fingerprint density at radius 3 is 3.31 bits per heavy atom. The lowest BCUT2D eigenvalue weighted by Crippen LogP contribution is -2.14. The first-order valence-corrected chi connectivity index (χ1v) is 4.66. The van der Waals surface area contributed by atoms with Gasteiger partial charge in [0, 0.05) is 30.1 Å². The smallest absolute Gasteiger partial charge is 0.0753 e. The van der Waals surface area contributed by atoms with Gasteiger partial charge in [0.15, 0.2) is 0 Å². The maximum Gasteiger partial charge on any atom is 0.0753 e. The summed E-state index contributed by atoms with van der Waals surface area (Å²) in [7, 11) is 0. The molecule has 0 aliphatic carbocycles. The molecule has 0 bridgehead atoms. The minimum atomic E-state index is 0.321. The fourth-order valence-corrected chi connectivity index (χ4v) is 1.65. The molecule has 1 atom stereocenters. The van der Waals surface area contributed by atoms with Gasteiger partial charge in [0.25, 0.3) is 0 Å². The molecule has 0 spiro atoms. The molecule has 2 heterocycles. The number of fused-ring (bicyclic) bond motifs is 1. The number of hydrogen-bond donors (Lipinski definition) is 2. The fraction of sp³-hybridized carbons (Fsp3) is 0.667. The van der Waals surface area contributed by atoms with Crippen LogP contribution in [0.15, 0.2) is 0 Å². The van der Waals surface area contributed by atoms with Crippen LogP contribution in [-0.4, -0.2) is 23.3 Å². The van der Waals surface area contributed by atoms with Crippen molar-refractivity contribution in [3.05, 3.63) is 17.0 Å². The van der Waals surface area contributed by atoms with E-state index in [-0.39, 0.29) is 0 Å². The largest absolute Gasteiger partial charge is 0.376 e. The number of nitrogens with two attached hydrogens (primary N) is 1. The predicted molar refractivity (Wildman–Crippen MR) is 49.4 cm³/mol. The summed E-state index contributed by atoms with van der Waals surface area (Å²) in [5.41, 5.74) is 9.13. The molecule has 4 nitrogen and oxygen atoms in total. The van der Waals surface area contributed by atoms with E-state index in [1.165, 1.54) is 11.3 Å². The molecule has 1 aliphatic heterocycles. The molecule has 0 saturated heterocycles. The quantitative estimate of drug-likeness (QED) is 0.700. The van der Waals surface area contributed by atoms with Crippen LogP contribution in [0.2, 0.25) is 0 Å². The van der Waals surface area contributed by atoms with Gasteiger partial charge in [-0.1, -0.05) is 6.92 Å². The first-order chi connectivity index (χ1) is 6.33. The average Bonchev–Trinajstić information content (AvgIpc) is 2.60. The van der Waals surface area contributed by atoms with Gasteiger partial charge in [-0.3, -0.25) is 5.10 Å². The lowest BCUT2D eigenvalue weighted by atomic mass is 10.0. The zero-order chi connectivity index (χ0) is 9.26. The van der Waals surface area contributed by atoms with E-state index in [0.29, 0.717) is 19.1 Å². The second kappa shape index (κ2) is 3.47. The molecule has 1 aromatic heterocycles. The Hall–Kier alpha value is -0.870. The second-order valence-electron chi connectivity index (χ2n) is 3.51. The predicted octanol–water partition coefficient (Wildman–Crippen LogP) is 0.545. The van der Waals surface area contributed by atoms with Crippen molar-refractivity contribution in [2.24, 2.45) is 5.73 Å². The molecule has 4 heteroatoms. The number of H-pyrrole nitrogens is 1. The van der Waals surface area contributed by atoms with Crippen molar-refractivity contribution in [1.29, 1.82) is 0 Å². The molecule has 0 aromatic carbocycles. The lowest BCUT2D eigenvalue weighted by Gasteiger charge is -2.14. The molecule has 1 unspecified atom stereocenters. The molecule has 72 valence electrons. The van der Waals surface area contributed by atoms with Gasteiger partial charge in [-0.15, -0.1) is 0 Å². The normalized spacial score (nSPS) is 18.3. The highest BCUT2D eigenvalue weighted by Crippen LogP contribution is 2.23. The molecule has 2 rings (SSSR count). The summed E-state index contributed by atoms with van der Waals surface area (Å²) in [5, 5.41) is 7.34. The SMILES string of the molecule is CC(CN)c1n[nH]c2c1COCC2. The van der Waals surface area contributed by atoms with E-state index in [0.717, 1.165) is 18.7 Å². The minimum absolute atomic E-state index is 0.321. The molecule has 0 fully saturated rings. The van der Waals surface area contributed by atoms with Gasteiger partial charge in [0.1, 0.15) is 0 Å². The third kappa shape index (κ3) is 1.47. The van der Waals surface area contributed by atoms with Crippen molar-refractivity contribution < 1.29 is 4.74 Å². The van der Waals surface area contributed by atoms with Crippen LogP contribution in [0.5, 0.6) is 0 Å². The van der Waals surface area contributed by atoms with Crippen molar-refractivity contribution in [3.8, 4) is 0 Å². The maximum absolute atomic E-state index is 5.60. The number of nitrogens with zero attached hydrogens (tertiary/aromatic N) is 1. The zero-order valence-corrected chi connectivity index (χ0v) is 7.84. The van der Waals surface area contributed by atoms with Crippen molar-refractivity contribution >= 4 is 0 Å². The molecule has 0 saturated carbocycles. The van der Waals surface area contributed by atoms with Gasteiger partial charge < -0.3 is 10.5 Å². The summed E-state index contributed by atoms with van der Waals surface area (Å²) in [6.45, 7) is 4.21. The van der Waals surface area contributed by atoms with Crippen LogP contribution in [0.4, 0.5) is 0 Å². The number of rotatable bonds is 2. The molecular weight excluding hydrogens is 166 g/mol. The first kappa shape index (κ1) is 8.72. The van der Waals surface area contributed by atoms with E-state index in [9.17, 15) is 0 Å². The summed E-state index contributed by atoms with van der Waals surface area (Å²) >= 11 is 0. The number of ether oxygens (including phenoxy) is 1. The van der Waals surface area contributed by atoms with Crippen LogP contribution >= 0.6 is 0 Å². The number of hydrogen-bond acceptors (Lipinski definition) is 3. The molecule has 1 aromatic rings. The van der Waals surface area contributed by atoms with E-state index in [4.69, 9.17) is 10.5 Å². The summed E-state index contributed by atoms with van der Waals surface area (Å²) < 4.78 is 5.39. The van der Waals surface area contributed by atoms with Crippen molar-refractivity contribution in [1.82, 2.24) is 10.2 Å². The van der Waals surface area contributed by atoms with Crippen LogP contribution in [0.1, 0.15) is 29.8 Å². The highest BCUT2D eigenvalue weighted by atomic mass is 16.5. The Balaban J connectivity index is 2.31. The molecule has 1 aliphatic rings. The van der Waals surface area contributed by atoms with Crippen LogP contribution in [-0.2, 0) is 17.8 Å². The van der Waals surface area contributed by atoms with Gasteiger partial charge in [-0.25, -0.2) is 0 Å². The summed E-state index contributed by atoms with van der Waals surface area (Å²) in [4.78, 5) is 0. The number of aromatic amines is 1. The van der Waals surface area contributed by atoms with Gasteiger partial charge >= 0.3 is 0 Å². The average molecular weight is 181 g/mol. The lowest BCUT2D eigenvalue weighted by molar-refractivity contribution is 0.109. The van der Waals surface area contributed by atoms with E-state index in [2.05, 4.69) is 17.1 Å². The number of aromatic nitrogens is 2. The molecule has 13 heavy (non-hydrogen) atoms. The Labute approximate surface area is 77.5 Å². The van der Waals surface area contributed by atoms with Crippen LogP contribution < -0.4 is 5.73 Å².